The Morgan fingerprint density at radius 1 is 1.07 bits per heavy atom. The molecule has 4 rings (SSSR count). The van der Waals surface area contributed by atoms with Gasteiger partial charge in [-0.05, 0) is 42.0 Å². The van der Waals surface area contributed by atoms with Gasteiger partial charge in [0, 0.05) is 11.8 Å². The summed E-state index contributed by atoms with van der Waals surface area (Å²) in [6, 6.07) is 15.9. The van der Waals surface area contributed by atoms with Crippen molar-refractivity contribution in [3.8, 4) is 5.75 Å². The van der Waals surface area contributed by atoms with E-state index >= 15 is 0 Å². The number of anilines is 1. The molecule has 1 fully saturated rings. The summed E-state index contributed by atoms with van der Waals surface area (Å²) in [6.07, 6.45) is 1.49. The molecule has 1 atom stereocenters. The van der Waals surface area contributed by atoms with Gasteiger partial charge in [-0.25, -0.2) is 9.37 Å². The number of benzene rings is 2. The quantitative estimate of drug-likeness (QED) is 0.406. The summed E-state index contributed by atoms with van der Waals surface area (Å²) in [4.78, 5) is 31.2. The van der Waals surface area contributed by atoms with E-state index in [0.717, 1.165) is 0 Å². The Morgan fingerprint density at radius 3 is 2.57 bits per heavy atom. The number of pyridine rings is 1. The number of halogens is 1. The molecule has 1 aliphatic heterocycles. The second-order valence-corrected chi connectivity index (χ2v) is 6.64. The molecule has 0 spiro atoms. The third-order valence-corrected chi connectivity index (χ3v) is 4.85. The number of aliphatic hydroxyl groups is 1. The van der Waals surface area contributed by atoms with Gasteiger partial charge in [0.05, 0.1) is 18.7 Å². The number of rotatable bonds is 4. The van der Waals surface area contributed by atoms with Crippen molar-refractivity contribution in [2.75, 3.05) is 12.0 Å². The van der Waals surface area contributed by atoms with Crippen molar-refractivity contribution in [2.24, 2.45) is 0 Å². The molecule has 0 bridgehead atoms. The van der Waals surface area contributed by atoms with Crippen LogP contribution < -0.4 is 9.64 Å². The van der Waals surface area contributed by atoms with Crippen LogP contribution in [0.15, 0.2) is 78.5 Å². The first-order valence-electron chi connectivity index (χ1n) is 9.13. The molecule has 1 unspecified atom stereocenters. The SMILES string of the molecule is COc1cccc(C(O)=C2C(=O)C(=O)N(c3ccccn3)C2c2cccc(F)c2)c1. The largest absolute Gasteiger partial charge is 0.507 e. The summed E-state index contributed by atoms with van der Waals surface area (Å²) in [5.74, 6) is -1.94. The highest BCUT2D eigenvalue weighted by atomic mass is 19.1. The van der Waals surface area contributed by atoms with Gasteiger partial charge in [0.1, 0.15) is 23.1 Å². The van der Waals surface area contributed by atoms with Crippen molar-refractivity contribution >= 4 is 23.3 Å². The Kier molecular flexibility index (Phi) is 5.02. The Balaban J connectivity index is 1.95. The van der Waals surface area contributed by atoms with Gasteiger partial charge in [0.15, 0.2) is 0 Å². The van der Waals surface area contributed by atoms with E-state index in [1.54, 1.807) is 48.5 Å². The molecule has 7 heteroatoms. The van der Waals surface area contributed by atoms with E-state index in [2.05, 4.69) is 4.98 Å². The van der Waals surface area contributed by atoms with E-state index in [1.807, 2.05) is 0 Å². The molecule has 6 nitrogen and oxygen atoms in total. The van der Waals surface area contributed by atoms with Gasteiger partial charge in [-0.3, -0.25) is 14.5 Å². The summed E-state index contributed by atoms with van der Waals surface area (Å²) in [5, 5.41) is 11.0. The number of carbonyl (C=O) groups is 2. The molecule has 0 saturated carbocycles. The molecule has 150 valence electrons. The summed E-state index contributed by atoms with van der Waals surface area (Å²) >= 11 is 0. The average molecular weight is 404 g/mol. The van der Waals surface area contributed by atoms with E-state index in [-0.39, 0.29) is 17.2 Å². The van der Waals surface area contributed by atoms with Gasteiger partial charge in [-0.1, -0.05) is 30.3 Å². The van der Waals surface area contributed by atoms with E-state index in [9.17, 15) is 19.1 Å². The highest BCUT2D eigenvalue weighted by molar-refractivity contribution is 6.51. The highest BCUT2D eigenvalue weighted by Gasteiger charge is 2.47. The van der Waals surface area contributed by atoms with Gasteiger partial charge >= 0.3 is 5.91 Å². The molecule has 3 aromatic rings. The summed E-state index contributed by atoms with van der Waals surface area (Å²) < 4.78 is 19.2. The van der Waals surface area contributed by atoms with Gasteiger partial charge in [0.2, 0.25) is 0 Å². The normalized spacial score (nSPS) is 17.9. The van der Waals surface area contributed by atoms with Crippen LogP contribution in [0.5, 0.6) is 5.75 Å². The first kappa shape index (κ1) is 19.3. The van der Waals surface area contributed by atoms with E-state index in [4.69, 9.17) is 4.74 Å². The van der Waals surface area contributed by atoms with Crippen LogP contribution in [0.1, 0.15) is 17.2 Å². The van der Waals surface area contributed by atoms with Crippen molar-refractivity contribution in [2.45, 2.75) is 6.04 Å². The molecular formula is C23H17FN2O4. The van der Waals surface area contributed by atoms with Crippen LogP contribution >= 0.6 is 0 Å². The van der Waals surface area contributed by atoms with E-state index in [0.29, 0.717) is 16.9 Å². The summed E-state index contributed by atoms with van der Waals surface area (Å²) in [5.41, 5.74) is 0.489. The third-order valence-electron chi connectivity index (χ3n) is 4.85. The molecule has 30 heavy (non-hydrogen) atoms. The topological polar surface area (TPSA) is 79.7 Å². The molecule has 2 heterocycles. The molecule has 1 N–H and O–H groups in total. The highest BCUT2D eigenvalue weighted by Crippen LogP contribution is 2.41. The number of aromatic nitrogens is 1. The number of hydrogen-bond acceptors (Lipinski definition) is 5. The van der Waals surface area contributed by atoms with E-state index < -0.39 is 23.5 Å². The minimum Gasteiger partial charge on any atom is -0.507 e. The number of Topliss-reactive ketones (excluding diaryl/α,β-unsaturated/α-hetero) is 1. The van der Waals surface area contributed by atoms with Crippen LogP contribution in [0.2, 0.25) is 0 Å². The fourth-order valence-corrected chi connectivity index (χ4v) is 3.48. The number of nitrogens with zero attached hydrogens (tertiary/aromatic N) is 2. The number of aliphatic hydroxyl groups excluding tert-OH is 1. The van der Waals surface area contributed by atoms with Gasteiger partial charge in [-0.15, -0.1) is 0 Å². The molecular weight excluding hydrogens is 387 g/mol. The predicted molar refractivity (Wildman–Crippen MR) is 108 cm³/mol. The first-order chi connectivity index (χ1) is 14.5. The number of ether oxygens (including phenoxy) is 1. The number of carbonyl (C=O) groups excluding carboxylic acids is 2. The minimum atomic E-state index is -1.04. The van der Waals surface area contributed by atoms with Gasteiger partial charge < -0.3 is 9.84 Å². The minimum absolute atomic E-state index is 0.149. The molecule has 1 amide bonds. The van der Waals surface area contributed by atoms with Crippen LogP contribution in [0, 0.1) is 5.82 Å². The van der Waals surface area contributed by atoms with Crippen LogP contribution in [0.25, 0.3) is 5.76 Å². The van der Waals surface area contributed by atoms with Crippen molar-refractivity contribution in [3.05, 3.63) is 95.4 Å². The Morgan fingerprint density at radius 2 is 1.87 bits per heavy atom. The molecule has 2 aromatic carbocycles. The van der Waals surface area contributed by atoms with E-state index in [1.165, 1.54) is 36.4 Å². The zero-order chi connectivity index (χ0) is 21.3. The smallest absolute Gasteiger partial charge is 0.301 e. The van der Waals surface area contributed by atoms with Crippen LogP contribution in [0.4, 0.5) is 10.2 Å². The molecule has 1 aromatic heterocycles. The van der Waals surface area contributed by atoms with Gasteiger partial charge in [0.25, 0.3) is 5.78 Å². The van der Waals surface area contributed by atoms with Crippen LogP contribution in [0.3, 0.4) is 0 Å². The standard InChI is InChI=1S/C23H17FN2O4/c1-30-17-9-5-7-15(13-17)21(27)19-20(14-6-4-8-16(24)12-14)26(23(29)22(19)28)18-10-2-3-11-25-18/h2-13,20,27H,1H3. The predicted octanol–water partition coefficient (Wildman–Crippen LogP) is 3.86. The first-order valence-corrected chi connectivity index (χ1v) is 9.13. The molecule has 0 radical (unpaired) electrons. The molecule has 1 aliphatic rings. The summed E-state index contributed by atoms with van der Waals surface area (Å²) in [6.45, 7) is 0. The van der Waals surface area contributed by atoms with Gasteiger partial charge in [-0.2, -0.15) is 0 Å². The second-order valence-electron chi connectivity index (χ2n) is 6.64. The van der Waals surface area contributed by atoms with Crippen LogP contribution in [-0.4, -0.2) is 28.9 Å². The molecule has 1 saturated heterocycles. The fourth-order valence-electron chi connectivity index (χ4n) is 3.48. The van der Waals surface area contributed by atoms with Crippen LogP contribution in [-0.2, 0) is 9.59 Å². The maximum atomic E-state index is 14.0. The van der Waals surface area contributed by atoms with Crippen molar-refractivity contribution in [1.29, 1.82) is 0 Å². The lowest BCUT2D eigenvalue weighted by molar-refractivity contribution is -0.132. The zero-order valence-corrected chi connectivity index (χ0v) is 15.9. The number of methoxy groups -OCH3 is 1. The fraction of sp³-hybridized carbons (Fsp3) is 0.0870. The Labute approximate surface area is 171 Å². The molecule has 0 aliphatic carbocycles. The Hall–Kier alpha value is -4.00. The lowest BCUT2D eigenvalue weighted by atomic mass is 9.95. The zero-order valence-electron chi connectivity index (χ0n) is 15.9. The monoisotopic (exact) mass is 404 g/mol. The summed E-state index contributed by atoms with van der Waals surface area (Å²) in [7, 11) is 1.48. The third kappa shape index (κ3) is 3.30. The lowest BCUT2D eigenvalue weighted by Crippen LogP contribution is -2.30. The Bertz CT molecular complexity index is 1160. The maximum absolute atomic E-state index is 14.0. The van der Waals surface area contributed by atoms with Crippen molar-refractivity contribution < 1.29 is 23.8 Å². The average Bonchev–Trinajstić information content (AvgIpc) is 3.04. The number of hydrogen-bond donors (Lipinski definition) is 1. The van der Waals surface area contributed by atoms with Crippen molar-refractivity contribution in [3.63, 3.8) is 0 Å². The van der Waals surface area contributed by atoms with Crippen molar-refractivity contribution in [1.82, 2.24) is 4.98 Å². The number of ketones is 1. The number of amides is 1. The second kappa shape index (κ2) is 7.79. The lowest BCUT2D eigenvalue weighted by Gasteiger charge is -2.24. The maximum Gasteiger partial charge on any atom is 0.301 e.